The lowest BCUT2D eigenvalue weighted by Crippen LogP contribution is -2.27. The minimum absolute atomic E-state index is 0.144. The monoisotopic (exact) mass is 237 g/mol. The summed E-state index contributed by atoms with van der Waals surface area (Å²) < 4.78 is 1.96. The number of rotatable bonds is 6. The molecule has 1 amide bonds. The number of carbonyl (C=O) groups excluding carboxylic acids is 1. The quantitative estimate of drug-likeness (QED) is 0.823. The van der Waals surface area contributed by atoms with E-state index in [0.717, 1.165) is 25.1 Å². The zero-order chi connectivity index (χ0) is 12.8. The van der Waals surface area contributed by atoms with E-state index in [2.05, 4.69) is 31.2 Å². The Morgan fingerprint density at radius 3 is 2.59 bits per heavy atom. The molecule has 1 aromatic rings. The van der Waals surface area contributed by atoms with E-state index in [1.54, 1.807) is 0 Å². The lowest BCUT2D eigenvalue weighted by molar-refractivity contribution is -0.121. The van der Waals surface area contributed by atoms with Crippen LogP contribution in [0.25, 0.3) is 0 Å². The van der Waals surface area contributed by atoms with Gasteiger partial charge in [-0.15, -0.1) is 0 Å². The van der Waals surface area contributed by atoms with Crippen LogP contribution in [0.2, 0.25) is 0 Å². The third kappa shape index (κ3) is 3.88. The van der Waals surface area contributed by atoms with Gasteiger partial charge >= 0.3 is 0 Å². The Hall–Kier alpha value is -1.32. The molecule has 0 radical (unpaired) electrons. The van der Waals surface area contributed by atoms with Crippen LogP contribution < -0.4 is 5.32 Å². The second-order valence-electron chi connectivity index (χ2n) is 4.47. The number of aryl methyl sites for hydroxylation is 1. The largest absolute Gasteiger partial charge is 0.354 e. The molecule has 0 saturated carbocycles. The number of carbonyl (C=O) groups is 1. The van der Waals surface area contributed by atoms with E-state index in [9.17, 15) is 4.79 Å². The van der Waals surface area contributed by atoms with Crippen molar-refractivity contribution in [2.75, 3.05) is 6.54 Å². The number of unbranched alkanes of at least 4 members (excludes halogenated alkanes) is 1. The number of amides is 1. The molecule has 0 aromatic carbocycles. The Balaban J connectivity index is 2.36. The highest BCUT2D eigenvalue weighted by atomic mass is 16.1. The molecule has 1 heterocycles. The zero-order valence-corrected chi connectivity index (χ0v) is 11.3. The number of hydrogen-bond acceptors (Lipinski definition) is 2. The molecular formula is C13H23N3O. The summed E-state index contributed by atoms with van der Waals surface area (Å²) in [7, 11) is 0. The molecule has 4 nitrogen and oxygen atoms in total. The number of aromatic nitrogens is 2. The van der Waals surface area contributed by atoms with Crippen LogP contribution in [0.4, 0.5) is 0 Å². The first kappa shape index (κ1) is 13.7. The standard InChI is InChI=1S/C13H23N3O/c1-5-6-7-13(17)14-8-9-16-12(4)10(2)11(3)15-16/h5-9H2,1-4H3,(H,14,17). The summed E-state index contributed by atoms with van der Waals surface area (Å²) in [6, 6.07) is 0. The summed E-state index contributed by atoms with van der Waals surface area (Å²) in [4.78, 5) is 11.4. The first-order valence-electron chi connectivity index (χ1n) is 6.33. The van der Waals surface area contributed by atoms with E-state index in [1.165, 1.54) is 11.3 Å². The Morgan fingerprint density at radius 2 is 2.06 bits per heavy atom. The molecule has 0 atom stereocenters. The van der Waals surface area contributed by atoms with Gasteiger partial charge in [0, 0.05) is 18.7 Å². The van der Waals surface area contributed by atoms with Gasteiger partial charge in [-0.2, -0.15) is 5.10 Å². The van der Waals surface area contributed by atoms with Gasteiger partial charge in [0.05, 0.1) is 12.2 Å². The first-order valence-corrected chi connectivity index (χ1v) is 6.33. The Kier molecular flexibility index (Phi) is 5.19. The Bertz CT molecular complexity index is 382. The van der Waals surface area contributed by atoms with Crippen molar-refractivity contribution in [2.24, 2.45) is 0 Å². The van der Waals surface area contributed by atoms with Crippen LogP contribution in [0.15, 0.2) is 0 Å². The fraction of sp³-hybridized carbons (Fsp3) is 0.692. The molecule has 0 aliphatic rings. The Morgan fingerprint density at radius 1 is 1.35 bits per heavy atom. The summed E-state index contributed by atoms with van der Waals surface area (Å²) in [5.41, 5.74) is 3.49. The molecule has 0 aliphatic heterocycles. The van der Waals surface area contributed by atoms with Gasteiger partial charge in [0.2, 0.25) is 5.91 Å². The van der Waals surface area contributed by atoms with Crippen molar-refractivity contribution in [1.82, 2.24) is 15.1 Å². The van der Waals surface area contributed by atoms with Crippen LogP contribution in [-0.4, -0.2) is 22.2 Å². The zero-order valence-electron chi connectivity index (χ0n) is 11.3. The molecule has 0 aliphatic carbocycles. The maximum Gasteiger partial charge on any atom is 0.220 e. The van der Waals surface area contributed by atoms with Crippen molar-refractivity contribution < 1.29 is 4.79 Å². The van der Waals surface area contributed by atoms with Gasteiger partial charge in [-0.05, 0) is 32.8 Å². The summed E-state index contributed by atoms with van der Waals surface area (Å²) in [5.74, 6) is 0.144. The minimum atomic E-state index is 0.144. The molecule has 96 valence electrons. The topological polar surface area (TPSA) is 46.9 Å². The second kappa shape index (κ2) is 6.42. The highest BCUT2D eigenvalue weighted by Crippen LogP contribution is 2.10. The number of hydrogen-bond donors (Lipinski definition) is 1. The van der Waals surface area contributed by atoms with Gasteiger partial charge in [-0.25, -0.2) is 0 Å². The summed E-state index contributed by atoms with van der Waals surface area (Å²) in [6.45, 7) is 9.65. The van der Waals surface area contributed by atoms with Crippen LogP contribution in [0, 0.1) is 20.8 Å². The van der Waals surface area contributed by atoms with E-state index in [1.807, 2.05) is 11.6 Å². The van der Waals surface area contributed by atoms with Crippen molar-refractivity contribution >= 4 is 5.91 Å². The average molecular weight is 237 g/mol. The molecule has 4 heteroatoms. The third-order valence-electron chi connectivity index (χ3n) is 3.15. The van der Waals surface area contributed by atoms with E-state index in [-0.39, 0.29) is 5.91 Å². The van der Waals surface area contributed by atoms with E-state index < -0.39 is 0 Å². The average Bonchev–Trinajstić information content (AvgIpc) is 2.54. The normalized spacial score (nSPS) is 10.6. The Labute approximate surface area is 103 Å². The van der Waals surface area contributed by atoms with Crippen LogP contribution in [-0.2, 0) is 11.3 Å². The minimum Gasteiger partial charge on any atom is -0.354 e. The van der Waals surface area contributed by atoms with Crippen LogP contribution in [0.3, 0.4) is 0 Å². The maximum atomic E-state index is 11.4. The SMILES string of the molecule is CCCCC(=O)NCCn1nc(C)c(C)c1C. The van der Waals surface area contributed by atoms with Crippen molar-refractivity contribution in [3.05, 3.63) is 17.0 Å². The van der Waals surface area contributed by atoms with Crippen molar-refractivity contribution in [2.45, 2.75) is 53.5 Å². The summed E-state index contributed by atoms with van der Waals surface area (Å²) in [5, 5.41) is 7.36. The van der Waals surface area contributed by atoms with Crippen molar-refractivity contribution in [1.29, 1.82) is 0 Å². The number of nitrogens with one attached hydrogen (secondary N) is 1. The molecule has 0 unspecified atom stereocenters. The van der Waals surface area contributed by atoms with Gasteiger partial charge in [0.1, 0.15) is 0 Å². The van der Waals surface area contributed by atoms with Crippen LogP contribution in [0.5, 0.6) is 0 Å². The maximum absolute atomic E-state index is 11.4. The predicted molar refractivity (Wildman–Crippen MR) is 69.0 cm³/mol. The fourth-order valence-electron chi connectivity index (χ4n) is 1.73. The number of nitrogens with zero attached hydrogens (tertiary/aromatic N) is 2. The summed E-state index contributed by atoms with van der Waals surface area (Å²) in [6.07, 6.45) is 2.65. The van der Waals surface area contributed by atoms with Gasteiger partial charge in [0.25, 0.3) is 0 Å². The molecular weight excluding hydrogens is 214 g/mol. The first-order chi connectivity index (χ1) is 8.06. The molecule has 0 spiro atoms. The lowest BCUT2D eigenvalue weighted by atomic mass is 10.2. The summed E-state index contributed by atoms with van der Waals surface area (Å²) >= 11 is 0. The molecule has 1 N–H and O–H groups in total. The molecule has 0 fully saturated rings. The molecule has 17 heavy (non-hydrogen) atoms. The van der Waals surface area contributed by atoms with E-state index in [0.29, 0.717) is 13.0 Å². The van der Waals surface area contributed by atoms with E-state index >= 15 is 0 Å². The highest BCUT2D eigenvalue weighted by molar-refractivity contribution is 5.75. The molecule has 1 aromatic heterocycles. The van der Waals surface area contributed by atoms with E-state index in [4.69, 9.17) is 0 Å². The third-order valence-corrected chi connectivity index (χ3v) is 3.15. The molecule has 0 saturated heterocycles. The lowest BCUT2D eigenvalue weighted by Gasteiger charge is -2.06. The van der Waals surface area contributed by atoms with Gasteiger partial charge in [-0.3, -0.25) is 9.48 Å². The van der Waals surface area contributed by atoms with Gasteiger partial charge in [-0.1, -0.05) is 13.3 Å². The fourth-order valence-corrected chi connectivity index (χ4v) is 1.73. The van der Waals surface area contributed by atoms with Gasteiger partial charge in [0.15, 0.2) is 0 Å². The van der Waals surface area contributed by atoms with Crippen molar-refractivity contribution in [3.8, 4) is 0 Å². The molecule has 1 rings (SSSR count). The van der Waals surface area contributed by atoms with Crippen LogP contribution in [0.1, 0.15) is 43.1 Å². The van der Waals surface area contributed by atoms with Crippen LogP contribution >= 0.6 is 0 Å². The second-order valence-corrected chi connectivity index (χ2v) is 4.47. The molecule has 0 bridgehead atoms. The van der Waals surface area contributed by atoms with Gasteiger partial charge < -0.3 is 5.32 Å². The predicted octanol–water partition coefficient (Wildman–Crippen LogP) is 2.11. The highest BCUT2D eigenvalue weighted by Gasteiger charge is 2.07. The smallest absolute Gasteiger partial charge is 0.220 e. The van der Waals surface area contributed by atoms with Crippen molar-refractivity contribution in [3.63, 3.8) is 0 Å².